The summed E-state index contributed by atoms with van der Waals surface area (Å²) in [4.78, 5) is 53.2. The fourth-order valence-corrected chi connectivity index (χ4v) is 4.97. The van der Waals surface area contributed by atoms with Crippen molar-refractivity contribution in [2.75, 3.05) is 12.0 Å². The number of hydrogen-bond donors (Lipinski definition) is 0. The molecule has 10 heteroatoms. The van der Waals surface area contributed by atoms with Crippen molar-refractivity contribution in [3.8, 4) is 5.75 Å². The third-order valence-electron chi connectivity index (χ3n) is 5.62. The van der Waals surface area contributed by atoms with Gasteiger partial charge in [-0.25, -0.2) is 0 Å². The molecule has 0 spiro atoms. The molecule has 5 rings (SSSR count). The predicted octanol–water partition coefficient (Wildman–Crippen LogP) is 3.42. The number of non-ortho nitro benzene ring substituents is 1. The third kappa shape index (κ3) is 2.80. The first kappa shape index (κ1) is 19.9. The summed E-state index contributed by atoms with van der Waals surface area (Å²) in [7, 11) is 1.52. The monoisotopic (exact) mass is 449 g/mol. The zero-order valence-electron chi connectivity index (χ0n) is 16.6. The van der Waals surface area contributed by atoms with Crippen molar-refractivity contribution in [1.29, 1.82) is 0 Å². The van der Waals surface area contributed by atoms with Crippen molar-refractivity contribution in [3.63, 3.8) is 0 Å². The molecule has 3 amide bonds. The van der Waals surface area contributed by atoms with Gasteiger partial charge in [-0.1, -0.05) is 12.1 Å². The number of imide groups is 1. The van der Waals surface area contributed by atoms with Crippen LogP contribution in [0.15, 0.2) is 60.0 Å². The molecule has 32 heavy (non-hydrogen) atoms. The van der Waals surface area contributed by atoms with Crippen molar-refractivity contribution >= 4 is 40.4 Å². The van der Waals surface area contributed by atoms with Gasteiger partial charge in [0.25, 0.3) is 23.4 Å². The van der Waals surface area contributed by atoms with Crippen molar-refractivity contribution in [2.45, 2.75) is 12.1 Å². The maximum atomic E-state index is 13.3. The molecular weight excluding hydrogens is 434 g/mol. The fraction of sp³-hybridized carbons (Fsp3) is 0.136. The highest BCUT2D eigenvalue weighted by molar-refractivity contribution is 7.10. The molecule has 0 saturated carbocycles. The largest absolute Gasteiger partial charge is 0.497 e. The summed E-state index contributed by atoms with van der Waals surface area (Å²) in [5.41, 5.74) is 0.274. The molecule has 1 saturated heterocycles. The summed E-state index contributed by atoms with van der Waals surface area (Å²) in [6.45, 7) is 0. The molecule has 0 N–H and O–H groups in total. The van der Waals surface area contributed by atoms with Crippen molar-refractivity contribution in [3.05, 3.63) is 86.1 Å². The number of β-lactam (4-membered cyclic amide) rings is 1. The van der Waals surface area contributed by atoms with Crippen LogP contribution in [-0.4, -0.2) is 40.7 Å². The Morgan fingerprint density at radius 3 is 2.41 bits per heavy atom. The second-order valence-corrected chi connectivity index (χ2v) is 8.26. The number of anilines is 1. The Labute approximate surface area is 185 Å². The number of ether oxygens (including phenoxy) is 1. The van der Waals surface area contributed by atoms with Crippen molar-refractivity contribution < 1.29 is 24.0 Å². The van der Waals surface area contributed by atoms with E-state index < -0.39 is 34.7 Å². The molecule has 9 nitrogen and oxygen atoms in total. The first-order chi connectivity index (χ1) is 15.4. The summed E-state index contributed by atoms with van der Waals surface area (Å²) in [6, 6.07) is 12.5. The van der Waals surface area contributed by atoms with Gasteiger partial charge in [0, 0.05) is 28.8 Å². The van der Waals surface area contributed by atoms with E-state index in [4.69, 9.17) is 4.74 Å². The number of nitrogens with zero attached hydrogens (tertiary/aromatic N) is 3. The quantitative estimate of drug-likeness (QED) is 0.255. The van der Waals surface area contributed by atoms with E-state index >= 15 is 0 Å². The number of fused-ring (bicyclic) bond motifs is 1. The molecule has 0 radical (unpaired) electrons. The number of carbonyl (C=O) groups excluding carboxylic acids is 3. The maximum absolute atomic E-state index is 13.3. The number of hydrogen-bond acceptors (Lipinski definition) is 7. The van der Waals surface area contributed by atoms with Gasteiger partial charge in [-0.3, -0.25) is 34.3 Å². The first-order valence-electron chi connectivity index (χ1n) is 9.59. The van der Waals surface area contributed by atoms with Gasteiger partial charge in [0.1, 0.15) is 17.8 Å². The zero-order valence-corrected chi connectivity index (χ0v) is 17.4. The summed E-state index contributed by atoms with van der Waals surface area (Å²) in [5, 5.41) is 13.0. The maximum Gasteiger partial charge on any atom is 0.270 e. The Balaban J connectivity index is 1.55. The van der Waals surface area contributed by atoms with Crippen LogP contribution in [0, 0.1) is 10.1 Å². The van der Waals surface area contributed by atoms with E-state index in [0.29, 0.717) is 11.4 Å². The normalized spacial score (nSPS) is 19.7. The molecule has 2 atom stereocenters. The number of methoxy groups -OCH3 is 1. The van der Waals surface area contributed by atoms with Gasteiger partial charge in [-0.2, -0.15) is 0 Å². The summed E-state index contributed by atoms with van der Waals surface area (Å²) in [6.07, 6.45) is 0. The molecule has 0 unspecified atom stereocenters. The molecule has 0 aliphatic carbocycles. The number of thiophene rings is 1. The molecule has 3 heterocycles. The van der Waals surface area contributed by atoms with Gasteiger partial charge in [-0.05, 0) is 29.6 Å². The van der Waals surface area contributed by atoms with E-state index in [9.17, 15) is 24.5 Å². The first-order valence-corrected chi connectivity index (χ1v) is 10.5. The Morgan fingerprint density at radius 2 is 1.72 bits per heavy atom. The van der Waals surface area contributed by atoms with E-state index in [2.05, 4.69) is 0 Å². The van der Waals surface area contributed by atoms with Crippen LogP contribution in [0.2, 0.25) is 0 Å². The van der Waals surface area contributed by atoms with Crippen LogP contribution in [0.1, 0.15) is 31.6 Å². The zero-order chi connectivity index (χ0) is 22.6. The van der Waals surface area contributed by atoms with E-state index in [1.54, 1.807) is 24.3 Å². The molecule has 2 aromatic carbocycles. The average molecular weight is 449 g/mol. The summed E-state index contributed by atoms with van der Waals surface area (Å²) in [5.74, 6) is -1.19. The van der Waals surface area contributed by atoms with Gasteiger partial charge in [0.15, 0.2) is 0 Å². The topological polar surface area (TPSA) is 110 Å². The number of amides is 3. The highest BCUT2D eigenvalue weighted by atomic mass is 32.1. The number of benzene rings is 2. The van der Waals surface area contributed by atoms with E-state index in [1.807, 2.05) is 17.5 Å². The highest BCUT2D eigenvalue weighted by Gasteiger charge is 2.57. The second kappa shape index (κ2) is 7.27. The van der Waals surface area contributed by atoms with Gasteiger partial charge < -0.3 is 4.74 Å². The lowest BCUT2D eigenvalue weighted by molar-refractivity contribution is -0.384. The van der Waals surface area contributed by atoms with Gasteiger partial charge >= 0.3 is 0 Å². The van der Waals surface area contributed by atoms with Crippen LogP contribution in [0.4, 0.5) is 11.4 Å². The lowest BCUT2D eigenvalue weighted by Crippen LogP contribution is -2.67. The Morgan fingerprint density at radius 1 is 0.938 bits per heavy atom. The van der Waals surface area contributed by atoms with Crippen LogP contribution < -0.4 is 9.64 Å². The SMILES string of the molecule is COc1cccc(N2C(=O)[C@H](N3C(=O)c4ccc([N+](=O)[O-])cc4C3=O)[C@@H]2c2cccs2)c1. The highest BCUT2D eigenvalue weighted by Crippen LogP contribution is 2.46. The molecule has 3 aromatic rings. The number of nitro benzene ring substituents is 1. The number of nitro groups is 1. The summed E-state index contributed by atoms with van der Waals surface area (Å²) < 4.78 is 5.26. The van der Waals surface area contributed by atoms with Crippen LogP contribution in [0.3, 0.4) is 0 Å². The number of carbonyl (C=O) groups is 3. The molecule has 1 aromatic heterocycles. The minimum atomic E-state index is -1.05. The molecule has 0 bridgehead atoms. The second-order valence-electron chi connectivity index (χ2n) is 7.28. The predicted molar refractivity (Wildman–Crippen MR) is 115 cm³/mol. The van der Waals surface area contributed by atoms with Crippen LogP contribution in [0.5, 0.6) is 5.75 Å². The minimum Gasteiger partial charge on any atom is -0.497 e. The molecule has 2 aliphatic heterocycles. The van der Waals surface area contributed by atoms with Gasteiger partial charge in [0.05, 0.1) is 23.2 Å². The fourth-order valence-electron chi connectivity index (χ4n) is 4.13. The van der Waals surface area contributed by atoms with Crippen LogP contribution in [0.25, 0.3) is 0 Å². The Hall–Kier alpha value is -4.05. The Bertz CT molecular complexity index is 1290. The van der Waals surface area contributed by atoms with E-state index in [1.165, 1.54) is 35.5 Å². The Kier molecular flexibility index (Phi) is 4.52. The lowest BCUT2D eigenvalue weighted by atomic mass is 9.90. The van der Waals surface area contributed by atoms with Crippen molar-refractivity contribution in [1.82, 2.24) is 4.90 Å². The smallest absolute Gasteiger partial charge is 0.270 e. The van der Waals surface area contributed by atoms with Gasteiger partial charge in [-0.15, -0.1) is 11.3 Å². The average Bonchev–Trinajstić information content (AvgIpc) is 3.40. The standard InChI is InChI=1S/C22H15N3O6S/c1-31-14-5-2-4-12(10-14)23-18(17-6-3-9-32-17)19(22(23)28)24-20(26)15-8-7-13(25(29)30)11-16(15)21(24)27/h2-11,18-19H,1H3/t18-,19+/m0/s1. The van der Waals surface area contributed by atoms with Crippen LogP contribution >= 0.6 is 11.3 Å². The molecule has 1 fully saturated rings. The molecular formula is C22H15N3O6S. The van der Waals surface area contributed by atoms with Crippen molar-refractivity contribution in [2.24, 2.45) is 0 Å². The van der Waals surface area contributed by atoms with Gasteiger partial charge in [0.2, 0.25) is 0 Å². The molecule has 2 aliphatic rings. The summed E-state index contributed by atoms with van der Waals surface area (Å²) >= 11 is 1.41. The van der Waals surface area contributed by atoms with E-state index in [0.717, 1.165) is 15.8 Å². The van der Waals surface area contributed by atoms with Crippen LogP contribution in [-0.2, 0) is 4.79 Å². The lowest BCUT2D eigenvalue weighted by Gasteiger charge is -2.49. The van der Waals surface area contributed by atoms with E-state index in [-0.39, 0.29) is 16.8 Å². The molecule has 160 valence electrons. The third-order valence-corrected chi connectivity index (χ3v) is 6.57. The minimum absolute atomic E-state index is 0.0539. The number of rotatable bonds is 5.